The van der Waals surface area contributed by atoms with Crippen LogP contribution in [0, 0.1) is 0 Å². The first kappa shape index (κ1) is 21.0. The Labute approximate surface area is 174 Å². The van der Waals surface area contributed by atoms with E-state index in [2.05, 4.69) is 43.7 Å². The van der Waals surface area contributed by atoms with E-state index in [-0.39, 0.29) is 22.4 Å². The lowest BCUT2D eigenvalue weighted by molar-refractivity contribution is 0.278. The Morgan fingerprint density at radius 2 is 1.80 bits per heavy atom. The smallest absolute Gasteiger partial charge is 0.185 e. The zero-order valence-electron chi connectivity index (χ0n) is 15.1. The third-order valence-electron chi connectivity index (χ3n) is 4.80. The van der Waals surface area contributed by atoms with Crippen LogP contribution in [0.1, 0.15) is 64.3 Å². The van der Waals surface area contributed by atoms with Gasteiger partial charge in [0.05, 0.1) is 10.0 Å². The minimum Gasteiger partial charge on any atom is -0.318 e. The van der Waals surface area contributed by atoms with E-state index in [1.54, 1.807) is 11.3 Å². The maximum atomic E-state index is 6.31. The highest BCUT2D eigenvalue weighted by molar-refractivity contribution is 8.93. The summed E-state index contributed by atoms with van der Waals surface area (Å²) < 4.78 is 2.41. The number of rotatable bonds is 4. The van der Waals surface area contributed by atoms with Crippen LogP contribution >= 0.6 is 51.5 Å². The number of thiazole rings is 1. The predicted molar refractivity (Wildman–Crippen MR) is 115 cm³/mol. The van der Waals surface area contributed by atoms with Gasteiger partial charge < -0.3 is 4.57 Å². The molecule has 6 heteroatoms. The van der Waals surface area contributed by atoms with Gasteiger partial charge in [-0.2, -0.15) is 0 Å². The maximum Gasteiger partial charge on any atom is 0.185 e. The average Bonchev–Trinajstić information content (AvgIpc) is 2.85. The molecule has 1 fully saturated rings. The van der Waals surface area contributed by atoms with Crippen molar-refractivity contribution in [3.63, 3.8) is 0 Å². The van der Waals surface area contributed by atoms with E-state index in [4.69, 9.17) is 28.2 Å². The van der Waals surface area contributed by atoms with Gasteiger partial charge in [0.2, 0.25) is 0 Å². The van der Waals surface area contributed by atoms with E-state index < -0.39 is 0 Å². The molecule has 0 amide bonds. The van der Waals surface area contributed by atoms with Crippen molar-refractivity contribution in [1.29, 1.82) is 0 Å². The quantitative estimate of drug-likeness (QED) is 0.474. The molecule has 1 aromatic carbocycles. The third kappa shape index (κ3) is 3.87. The first-order valence-corrected chi connectivity index (χ1v) is 10.2. The Morgan fingerprint density at radius 3 is 2.28 bits per heavy atom. The van der Waals surface area contributed by atoms with E-state index in [1.165, 1.54) is 17.7 Å². The van der Waals surface area contributed by atoms with Crippen molar-refractivity contribution in [3.8, 4) is 0 Å². The zero-order chi connectivity index (χ0) is 17.5. The van der Waals surface area contributed by atoms with Gasteiger partial charge in [0.1, 0.15) is 0 Å². The van der Waals surface area contributed by atoms with Gasteiger partial charge in [0.25, 0.3) is 0 Å². The summed E-state index contributed by atoms with van der Waals surface area (Å²) in [6.45, 7) is 8.72. The van der Waals surface area contributed by atoms with Crippen LogP contribution in [-0.2, 0) is 5.41 Å². The molecule has 1 aromatic heterocycles. The molecule has 0 radical (unpaired) electrons. The number of aromatic nitrogens is 1. The molecule has 0 atom stereocenters. The second-order valence-corrected chi connectivity index (χ2v) is 8.81. The molecule has 1 saturated carbocycles. The van der Waals surface area contributed by atoms with E-state index in [0.29, 0.717) is 22.1 Å². The maximum absolute atomic E-state index is 6.31. The first-order chi connectivity index (χ1) is 11.3. The molecule has 2 aromatic rings. The van der Waals surface area contributed by atoms with Crippen molar-refractivity contribution in [3.05, 3.63) is 49.7 Å². The van der Waals surface area contributed by atoms with Crippen LogP contribution in [-0.4, -0.2) is 10.6 Å². The fraction of sp³-hybridized carbons (Fsp3) is 0.526. The van der Waals surface area contributed by atoms with Gasteiger partial charge in [-0.25, -0.2) is 0 Å². The highest BCUT2D eigenvalue weighted by Crippen LogP contribution is 2.50. The lowest BCUT2D eigenvalue weighted by Crippen LogP contribution is -2.39. The minimum absolute atomic E-state index is 0. The second-order valence-electron chi connectivity index (χ2n) is 7.15. The van der Waals surface area contributed by atoms with Gasteiger partial charge in [-0.05, 0) is 58.2 Å². The van der Waals surface area contributed by atoms with Gasteiger partial charge in [0.15, 0.2) is 4.80 Å². The van der Waals surface area contributed by atoms with E-state index in [0.717, 1.165) is 17.6 Å². The van der Waals surface area contributed by atoms with Crippen molar-refractivity contribution in [2.45, 2.75) is 64.5 Å². The van der Waals surface area contributed by atoms with Crippen LogP contribution in [0.15, 0.2) is 28.6 Å². The molecule has 0 N–H and O–H groups in total. The van der Waals surface area contributed by atoms with Crippen molar-refractivity contribution < 1.29 is 0 Å². The fourth-order valence-corrected chi connectivity index (χ4v) is 5.05. The summed E-state index contributed by atoms with van der Waals surface area (Å²) in [4.78, 5) is 5.95. The van der Waals surface area contributed by atoms with Crippen molar-refractivity contribution in [2.75, 3.05) is 0 Å². The largest absolute Gasteiger partial charge is 0.318 e. The van der Waals surface area contributed by atoms with Crippen LogP contribution in [0.3, 0.4) is 0 Å². The Hall–Kier alpha value is -0.290. The summed E-state index contributed by atoms with van der Waals surface area (Å²) >= 11 is 14.2. The molecule has 25 heavy (non-hydrogen) atoms. The number of benzene rings is 1. The number of halogens is 3. The number of nitrogens with zero attached hydrogens (tertiary/aromatic N) is 2. The molecular weight excluding hydrogens is 439 g/mol. The first-order valence-electron chi connectivity index (χ1n) is 8.55. The Bertz CT molecular complexity index is 804. The number of hydrogen-bond acceptors (Lipinski definition) is 2. The molecule has 0 aliphatic heterocycles. The molecule has 1 heterocycles. The van der Waals surface area contributed by atoms with Gasteiger partial charge in [-0.1, -0.05) is 35.7 Å². The molecule has 138 valence electrons. The van der Waals surface area contributed by atoms with Gasteiger partial charge in [-0.15, -0.1) is 28.3 Å². The van der Waals surface area contributed by atoms with Gasteiger partial charge in [-0.3, -0.25) is 4.99 Å². The van der Waals surface area contributed by atoms with Crippen molar-refractivity contribution in [1.82, 2.24) is 4.57 Å². The third-order valence-corrected chi connectivity index (χ3v) is 6.39. The topological polar surface area (TPSA) is 17.3 Å². The van der Waals surface area contributed by atoms with Crippen molar-refractivity contribution in [2.24, 2.45) is 4.99 Å². The number of hydrogen-bond donors (Lipinski definition) is 0. The monoisotopic (exact) mass is 462 g/mol. The summed E-state index contributed by atoms with van der Waals surface area (Å²) in [6.07, 6.45) is 3.54. The van der Waals surface area contributed by atoms with Crippen molar-refractivity contribution >= 4 is 51.5 Å². The van der Waals surface area contributed by atoms with E-state index >= 15 is 0 Å². The Kier molecular flexibility index (Phi) is 6.86. The molecule has 2 nitrogen and oxygen atoms in total. The predicted octanol–water partition coefficient (Wildman–Crippen LogP) is 6.79. The fourth-order valence-electron chi connectivity index (χ4n) is 3.50. The lowest BCUT2D eigenvalue weighted by atomic mass is 9.62. The molecule has 0 unspecified atom stereocenters. The molecular formula is C19H25BrCl2N2S. The highest BCUT2D eigenvalue weighted by Gasteiger charge is 2.43. The van der Waals surface area contributed by atoms with Gasteiger partial charge in [0, 0.05) is 28.6 Å². The summed E-state index contributed by atoms with van der Waals surface area (Å²) in [5.41, 5.74) is 2.68. The lowest BCUT2D eigenvalue weighted by Gasteiger charge is -2.43. The molecule has 0 spiro atoms. The second kappa shape index (κ2) is 8.16. The summed E-state index contributed by atoms with van der Waals surface area (Å²) in [7, 11) is 0. The molecule has 0 bridgehead atoms. The van der Waals surface area contributed by atoms with Crippen LogP contribution in [0.5, 0.6) is 0 Å². The SMILES string of the molecule is Br.CC(C)N=c1scc(C2(c3ccc(Cl)c(Cl)c3)CCC2)n1C(C)C. The molecule has 0 saturated heterocycles. The van der Waals surface area contributed by atoms with E-state index in [1.807, 2.05) is 12.1 Å². The highest BCUT2D eigenvalue weighted by atomic mass is 79.9. The van der Waals surface area contributed by atoms with Gasteiger partial charge >= 0.3 is 0 Å². The molecule has 1 aliphatic rings. The average molecular weight is 464 g/mol. The van der Waals surface area contributed by atoms with Crippen LogP contribution in [0.25, 0.3) is 0 Å². The summed E-state index contributed by atoms with van der Waals surface area (Å²) in [6, 6.07) is 6.78. The van der Waals surface area contributed by atoms with E-state index in [9.17, 15) is 0 Å². The Balaban J connectivity index is 0.00000225. The molecule has 3 rings (SSSR count). The Morgan fingerprint density at radius 1 is 1.12 bits per heavy atom. The summed E-state index contributed by atoms with van der Waals surface area (Å²) in [5.74, 6) is 0. The van der Waals surface area contributed by atoms with Crippen LogP contribution in [0.4, 0.5) is 0 Å². The van der Waals surface area contributed by atoms with Crippen LogP contribution < -0.4 is 4.80 Å². The van der Waals surface area contributed by atoms with Crippen LogP contribution in [0.2, 0.25) is 10.0 Å². The molecule has 1 aliphatic carbocycles. The normalized spacial score (nSPS) is 16.9. The summed E-state index contributed by atoms with van der Waals surface area (Å²) in [5, 5.41) is 3.55. The zero-order valence-corrected chi connectivity index (χ0v) is 19.1. The standard InChI is InChI=1S/C19H24Cl2N2S.BrH/c1-12(2)22-18-23(13(3)4)17(11-24-18)19(8-5-9-19)14-6-7-15(20)16(21)10-14;/h6-7,10-13H,5,8-9H2,1-4H3;1H. The minimum atomic E-state index is 0.